The van der Waals surface area contributed by atoms with Crippen LogP contribution in [0, 0.1) is 11.6 Å². The highest BCUT2D eigenvalue weighted by Gasteiger charge is 2.29. The van der Waals surface area contributed by atoms with Crippen molar-refractivity contribution >= 4 is 51.1 Å². The maximum Gasteiger partial charge on any atom is 0.255 e. The number of anilines is 1. The van der Waals surface area contributed by atoms with E-state index in [1.807, 2.05) is 0 Å². The van der Waals surface area contributed by atoms with Crippen LogP contribution < -0.4 is 14.6 Å². The highest BCUT2D eigenvalue weighted by molar-refractivity contribution is 7.92. The molecule has 0 saturated carbocycles. The molecule has 1 atom stereocenters. The molecule has 1 N–H and O–H groups in total. The van der Waals surface area contributed by atoms with Gasteiger partial charge in [0, 0.05) is 53.5 Å². The molecule has 11 nitrogen and oxygen atoms in total. The highest BCUT2D eigenvalue weighted by Crippen LogP contribution is 2.46. The zero-order valence-electron chi connectivity index (χ0n) is 28.4. The van der Waals surface area contributed by atoms with E-state index in [1.165, 1.54) is 80.4 Å². The second-order valence-corrected chi connectivity index (χ2v) is 16.6. The average Bonchev–Trinajstić information content (AvgIpc) is 3.71. The first kappa shape index (κ1) is 36.7. The standard InChI is InChI=1S/C36H33F3N3O8PS/c1-5-47-51(3,44)17-7-16-42(52(4,45)46)28-20-31-25(32(35(43)40-2)34(48-31)21-10-13-23(37)14-11-21)19-24(28)22-12-15-29(50-39)26(18-22)36-41-33-27(38)8-6-9-30(33)49-36/h6,8-15,18-20H,5,7,16-17H2,1-4H3,(H,40,43). The second kappa shape index (κ2) is 14.5. The molecule has 0 spiro atoms. The Morgan fingerprint density at radius 3 is 2.37 bits per heavy atom. The quantitative estimate of drug-likeness (QED) is 0.115. The Labute approximate surface area is 296 Å². The molecular weight excluding hydrogens is 722 g/mol. The summed E-state index contributed by atoms with van der Waals surface area (Å²) in [5, 5.41) is 2.86. The van der Waals surface area contributed by atoms with E-state index >= 15 is 0 Å². The number of oxazole rings is 1. The second-order valence-electron chi connectivity index (χ2n) is 12.0. The lowest BCUT2D eigenvalue weighted by Gasteiger charge is -2.26. The minimum Gasteiger partial charge on any atom is -0.455 e. The maximum absolute atomic E-state index is 14.6. The Hall–Kier alpha value is -5.11. The highest BCUT2D eigenvalue weighted by atomic mass is 32.2. The number of rotatable bonds is 13. The smallest absolute Gasteiger partial charge is 0.255 e. The summed E-state index contributed by atoms with van der Waals surface area (Å²) in [5.74, 6) is -2.11. The van der Waals surface area contributed by atoms with Gasteiger partial charge in [0.25, 0.3) is 5.91 Å². The van der Waals surface area contributed by atoms with E-state index in [9.17, 15) is 31.1 Å². The summed E-state index contributed by atoms with van der Waals surface area (Å²) in [7, 11) is -5.64. The van der Waals surface area contributed by atoms with E-state index in [4.69, 9.17) is 13.4 Å². The lowest BCUT2D eigenvalue weighted by molar-refractivity contribution is -0.00560. The van der Waals surface area contributed by atoms with Crippen LogP contribution in [0.1, 0.15) is 23.7 Å². The van der Waals surface area contributed by atoms with Crippen LogP contribution in [0.4, 0.5) is 19.0 Å². The number of nitrogens with zero attached hydrogens (tertiary/aromatic N) is 2. The molecule has 0 bridgehead atoms. The van der Waals surface area contributed by atoms with Gasteiger partial charge in [-0.15, -0.1) is 0 Å². The Bertz CT molecular complexity index is 2470. The molecule has 6 rings (SSSR count). The van der Waals surface area contributed by atoms with Crippen molar-refractivity contribution in [3.8, 4) is 39.7 Å². The summed E-state index contributed by atoms with van der Waals surface area (Å²) in [6, 6.07) is 16.6. The van der Waals surface area contributed by atoms with Crippen LogP contribution in [0.15, 0.2) is 81.6 Å². The van der Waals surface area contributed by atoms with Gasteiger partial charge in [0.1, 0.15) is 22.7 Å². The lowest BCUT2D eigenvalue weighted by Crippen LogP contribution is -2.31. The molecule has 0 aliphatic heterocycles. The van der Waals surface area contributed by atoms with E-state index in [2.05, 4.69) is 15.2 Å². The zero-order valence-corrected chi connectivity index (χ0v) is 30.1. The summed E-state index contributed by atoms with van der Waals surface area (Å²) in [6.45, 7) is 3.29. The van der Waals surface area contributed by atoms with Crippen LogP contribution in [-0.4, -0.2) is 58.6 Å². The van der Waals surface area contributed by atoms with E-state index in [1.54, 1.807) is 13.0 Å². The van der Waals surface area contributed by atoms with E-state index < -0.39 is 34.9 Å². The van der Waals surface area contributed by atoms with Gasteiger partial charge >= 0.3 is 0 Å². The number of aromatic nitrogens is 1. The molecule has 1 unspecified atom stereocenters. The minimum absolute atomic E-state index is 0.0260. The summed E-state index contributed by atoms with van der Waals surface area (Å²) in [6.07, 6.45) is 1.24. The molecule has 2 heterocycles. The van der Waals surface area contributed by atoms with Gasteiger partial charge in [0.15, 0.2) is 24.5 Å². The third kappa shape index (κ3) is 7.29. The molecule has 0 fully saturated rings. The monoisotopic (exact) mass is 755 g/mol. The third-order valence-corrected chi connectivity index (χ3v) is 11.5. The van der Waals surface area contributed by atoms with Crippen LogP contribution in [0.25, 0.3) is 56.0 Å². The molecule has 0 saturated heterocycles. The van der Waals surface area contributed by atoms with Crippen molar-refractivity contribution in [1.82, 2.24) is 10.3 Å². The number of sulfonamides is 1. The van der Waals surface area contributed by atoms with Crippen LogP contribution >= 0.6 is 7.37 Å². The van der Waals surface area contributed by atoms with Crippen LogP contribution in [0.2, 0.25) is 0 Å². The molecule has 0 radical (unpaired) electrons. The fourth-order valence-corrected chi connectivity index (χ4v) is 8.35. The summed E-state index contributed by atoms with van der Waals surface area (Å²) in [4.78, 5) is 21.7. The predicted octanol–water partition coefficient (Wildman–Crippen LogP) is 8.58. The topological polar surface area (TPSA) is 141 Å². The first-order valence-corrected chi connectivity index (χ1v) is 20.1. The van der Waals surface area contributed by atoms with Gasteiger partial charge in [-0.3, -0.25) is 18.6 Å². The fraction of sp³-hybridized carbons (Fsp3) is 0.222. The van der Waals surface area contributed by atoms with E-state index in [0.29, 0.717) is 11.1 Å². The van der Waals surface area contributed by atoms with Crippen LogP contribution in [0.3, 0.4) is 0 Å². The van der Waals surface area contributed by atoms with Crippen molar-refractivity contribution < 1.29 is 49.4 Å². The van der Waals surface area contributed by atoms with Crippen molar-refractivity contribution in [3.63, 3.8) is 0 Å². The van der Waals surface area contributed by atoms with E-state index in [-0.39, 0.29) is 87.6 Å². The Morgan fingerprint density at radius 2 is 1.71 bits per heavy atom. The van der Waals surface area contributed by atoms with Crippen molar-refractivity contribution in [2.75, 3.05) is 43.6 Å². The first-order valence-electron chi connectivity index (χ1n) is 16.0. The summed E-state index contributed by atoms with van der Waals surface area (Å²) < 4.78 is 101. The molecule has 0 aliphatic rings. The van der Waals surface area contributed by atoms with Gasteiger partial charge in [0.05, 0.1) is 29.7 Å². The maximum atomic E-state index is 14.6. The van der Waals surface area contributed by atoms with Crippen molar-refractivity contribution in [2.24, 2.45) is 0 Å². The number of hydrogen-bond acceptors (Lipinski definition) is 9. The zero-order chi connectivity index (χ0) is 37.4. The van der Waals surface area contributed by atoms with Crippen LogP contribution in [0.5, 0.6) is 5.75 Å². The van der Waals surface area contributed by atoms with Crippen molar-refractivity contribution in [3.05, 3.63) is 90.0 Å². The number of benzene rings is 4. The number of hydrogen-bond donors (Lipinski definition) is 1. The molecule has 272 valence electrons. The number of amides is 1. The first-order chi connectivity index (χ1) is 24.7. The van der Waals surface area contributed by atoms with Gasteiger partial charge in [-0.2, -0.15) is 0 Å². The van der Waals surface area contributed by atoms with Crippen molar-refractivity contribution in [1.29, 1.82) is 0 Å². The van der Waals surface area contributed by atoms with Gasteiger partial charge < -0.3 is 18.7 Å². The number of halogens is 3. The number of para-hydroxylation sites is 1. The predicted molar refractivity (Wildman–Crippen MR) is 192 cm³/mol. The number of carbonyl (C=O) groups is 1. The molecule has 4 aromatic carbocycles. The SMILES string of the molecule is CCOP(C)(=O)CCCN(c1cc2oc(-c3ccc(F)cc3)c(C(=O)NC)c2cc1-c1ccc(OF)c(-c2nc3c(F)cccc3o2)c1)S(C)(=O)=O. The molecule has 0 aliphatic carbocycles. The molecule has 52 heavy (non-hydrogen) atoms. The third-order valence-electron chi connectivity index (χ3n) is 8.34. The molecule has 6 aromatic rings. The Balaban J connectivity index is 1.61. The fourth-order valence-electron chi connectivity index (χ4n) is 5.99. The molecular formula is C36H33F3N3O8PS. The average molecular weight is 756 g/mol. The summed E-state index contributed by atoms with van der Waals surface area (Å²) in [5.41, 5.74) is 1.20. The lowest BCUT2D eigenvalue weighted by atomic mass is 9.97. The van der Waals surface area contributed by atoms with Gasteiger partial charge in [-0.1, -0.05) is 12.1 Å². The van der Waals surface area contributed by atoms with E-state index in [0.717, 1.165) is 10.6 Å². The minimum atomic E-state index is -4.04. The molecule has 16 heteroatoms. The molecule has 2 aromatic heterocycles. The number of furan rings is 1. The normalized spacial score (nSPS) is 13.0. The number of fused-ring (bicyclic) bond motifs is 2. The Kier molecular flexibility index (Phi) is 10.2. The van der Waals surface area contributed by atoms with Crippen LogP contribution in [-0.2, 0) is 19.1 Å². The van der Waals surface area contributed by atoms with Gasteiger partial charge in [0.2, 0.25) is 15.9 Å². The van der Waals surface area contributed by atoms with Crippen molar-refractivity contribution in [2.45, 2.75) is 13.3 Å². The van der Waals surface area contributed by atoms with Gasteiger partial charge in [-0.25, -0.2) is 22.2 Å². The van der Waals surface area contributed by atoms with Gasteiger partial charge in [-0.05, 0) is 73.5 Å². The number of carbonyl (C=O) groups excluding carboxylic acids is 1. The number of nitrogens with one attached hydrogen (secondary N) is 1. The Morgan fingerprint density at radius 1 is 0.981 bits per heavy atom. The largest absolute Gasteiger partial charge is 0.455 e. The molecule has 1 amide bonds. The summed E-state index contributed by atoms with van der Waals surface area (Å²) >= 11 is 0.